The van der Waals surface area contributed by atoms with E-state index in [1.807, 2.05) is 0 Å². The van der Waals surface area contributed by atoms with Crippen LogP contribution in [0, 0.1) is 5.92 Å². The van der Waals surface area contributed by atoms with Gasteiger partial charge < -0.3 is 25.2 Å². The molecule has 2 fully saturated rings. The van der Waals surface area contributed by atoms with Crippen molar-refractivity contribution in [2.24, 2.45) is 5.92 Å². The number of amides is 1. The first kappa shape index (κ1) is 17.0. The number of rotatable bonds is 5. The molecule has 0 saturated carbocycles. The summed E-state index contributed by atoms with van der Waals surface area (Å²) in [5, 5.41) is 14.9. The summed E-state index contributed by atoms with van der Waals surface area (Å²) in [7, 11) is 0. The van der Waals surface area contributed by atoms with Crippen LogP contribution in [0.2, 0.25) is 0 Å². The van der Waals surface area contributed by atoms with Crippen LogP contribution in [-0.2, 0) is 14.3 Å². The van der Waals surface area contributed by atoms with Gasteiger partial charge in [-0.25, -0.2) is 4.79 Å². The first-order valence-corrected chi connectivity index (χ1v) is 8.13. The van der Waals surface area contributed by atoms with Gasteiger partial charge in [-0.1, -0.05) is 0 Å². The number of piperidine rings is 1. The van der Waals surface area contributed by atoms with Crippen molar-refractivity contribution in [1.82, 2.24) is 14.9 Å². The third-order valence-electron chi connectivity index (χ3n) is 4.22. The molecule has 1 aromatic rings. The van der Waals surface area contributed by atoms with Gasteiger partial charge in [0.1, 0.15) is 5.82 Å². The Morgan fingerprint density at radius 3 is 2.92 bits per heavy atom. The maximum Gasteiger partial charge on any atom is 0.351 e. The molecule has 3 heterocycles. The largest absolute Gasteiger partial charge is 0.391 e. The van der Waals surface area contributed by atoms with Gasteiger partial charge in [0.2, 0.25) is 5.91 Å². The number of aliphatic hydroxyl groups excluding tert-OH is 1. The van der Waals surface area contributed by atoms with E-state index in [4.69, 9.17) is 14.6 Å². The Bertz CT molecular complexity index is 629. The molecule has 0 bridgehead atoms. The average Bonchev–Trinajstić information content (AvgIpc) is 3.04. The van der Waals surface area contributed by atoms with E-state index >= 15 is 0 Å². The Labute approximate surface area is 139 Å². The summed E-state index contributed by atoms with van der Waals surface area (Å²) in [6.07, 6.45) is 2.54. The number of aromatic nitrogens is 2. The van der Waals surface area contributed by atoms with E-state index in [1.165, 1.54) is 10.8 Å². The molecule has 1 amide bonds. The smallest absolute Gasteiger partial charge is 0.351 e. The zero-order valence-electron chi connectivity index (χ0n) is 13.3. The Morgan fingerprint density at radius 1 is 1.46 bits per heavy atom. The third kappa shape index (κ3) is 4.18. The molecule has 1 aromatic heterocycles. The van der Waals surface area contributed by atoms with Crippen LogP contribution in [0.25, 0.3) is 0 Å². The monoisotopic (exact) mass is 338 g/mol. The number of ether oxygens (including phenoxy) is 2. The zero-order valence-corrected chi connectivity index (χ0v) is 13.3. The van der Waals surface area contributed by atoms with Gasteiger partial charge in [0.05, 0.1) is 13.2 Å². The van der Waals surface area contributed by atoms with Crippen LogP contribution in [0.3, 0.4) is 0 Å². The molecule has 132 valence electrons. The lowest BCUT2D eigenvalue weighted by molar-refractivity contribution is -0.117. The van der Waals surface area contributed by atoms with E-state index < -0.39 is 18.2 Å². The first-order chi connectivity index (χ1) is 11.7. The Hall–Kier alpha value is -1.81. The van der Waals surface area contributed by atoms with E-state index in [0.29, 0.717) is 12.3 Å². The van der Waals surface area contributed by atoms with E-state index in [-0.39, 0.29) is 24.9 Å². The standard InChI is InChI=1S/C15H22N4O5/c20-8-14-23-9-13(24-14)19-6-3-11(18-15(19)22)17-12(21)7-10-1-4-16-5-2-10/h3,6,10,13-14,16,20H,1-2,4-5,7-9H2,(H,17,18,21,22)/t13-,14-/m0/s1. The summed E-state index contributed by atoms with van der Waals surface area (Å²) in [6, 6.07) is 1.55. The second-order valence-electron chi connectivity index (χ2n) is 5.98. The van der Waals surface area contributed by atoms with Crippen molar-refractivity contribution < 1.29 is 19.4 Å². The lowest BCUT2D eigenvalue weighted by Gasteiger charge is -2.21. The number of carbonyl (C=O) groups excluding carboxylic acids is 1. The van der Waals surface area contributed by atoms with Crippen LogP contribution in [0.4, 0.5) is 5.82 Å². The summed E-state index contributed by atoms with van der Waals surface area (Å²) in [4.78, 5) is 28.0. The summed E-state index contributed by atoms with van der Waals surface area (Å²) in [5.41, 5.74) is -0.540. The number of anilines is 1. The first-order valence-electron chi connectivity index (χ1n) is 8.13. The van der Waals surface area contributed by atoms with E-state index in [1.54, 1.807) is 6.07 Å². The summed E-state index contributed by atoms with van der Waals surface area (Å²) >= 11 is 0. The Balaban J connectivity index is 1.58. The number of nitrogens with zero attached hydrogens (tertiary/aromatic N) is 2. The van der Waals surface area contributed by atoms with Gasteiger partial charge in [-0.15, -0.1) is 0 Å². The maximum absolute atomic E-state index is 12.1. The predicted octanol–water partition coefficient (Wildman–Crippen LogP) is -0.565. The molecule has 2 atom stereocenters. The predicted molar refractivity (Wildman–Crippen MR) is 84.3 cm³/mol. The average molecular weight is 338 g/mol. The molecule has 2 aliphatic heterocycles. The van der Waals surface area contributed by atoms with E-state index in [2.05, 4.69) is 15.6 Å². The zero-order chi connectivity index (χ0) is 16.9. The van der Waals surface area contributed by atoms with Crippen LogP contribution < -0.4 is 16.3 Å². The molecule has 0 radical (unpaired) electrons. The Morgan fingerprint density at radius 2 is 2.25 bits per heavy atom. The molecule has 0 spiro atoms. The summed E-state index contributed by atoms with van der Waals surface area (Å²) in [5.74, 6) is 0.464. The highest BCUT2D eigenvalue weighted by atomic mass is 16.7. The number of nitrogens with one attached hydrogen (secondary N) is 2. The maximum atomic E-state index is 12.1. The fourth-order valence-electron chi connectivity index (χ4n) is 2.93. The molecule has 9 heteroatoms. The fourth-order valence-corrected chi connectivity index (χ4v) is 2.93. The number of carbonyl (C=O) groups is 1. The van der Waals surface area contributed by atoms with E-state index in [0.717, 1.165) is 25.9 Å². The van der Waals surface area contributed by atoms with Crippen molar-refractivity contribution in [3.05, 3.63) is 22.7 Å². The van der Waals surface area contributed by atoms with Gasteiger partial charge in [0, 0.05) is 12.6 Å². The van der Waals surface area contributed by atoms with Gasteiger partial charge in [0.25, 0.3) is 0 Å². The van der Waals surface area contributed by atoms with Crippen LogP contribution in [-0.4, -0.2) is 53.2 Å². The lowest BCUT2D eigenvalue weighted by atomic mass is 9.94. The number of hydrogen-bond donors (Lipinski definition) is 3. The molecule has 9 nitrogen and oxygen atoms in total. The highest BCUT2D eigenvalue weighted by Crippen LogP contribution is 2.19. The lowest BCUT2D eigenvalue weighted by Crippen LogP contribution is -2.31. The molecule has 0 unspecified atom stereocenters. The minimum atomic E-state index is -0.730. The number of hydrogen-bond acceptors (Lipinski definition) is 7. The van der Waals surface area contributed by atoms with Crippen LogP contribution in [0.5, 0.6) is 0 Å². The topological polar surface area (TPSA) is 115 Å². The molecule has 3 rings (SSSR count). The fraction of sp³-hybridized carbons (Fsp3) is 0.667. The van der Waals surface area contributed by atoms with Crippen molar-refractivity contribution in [2.75, 3.05) is 31.6 Å². The van der Waals surface area contributed by atoms with Gasteiger partial charge in [0.15, 0.2) is 12.5 Å². The molecule has 0 aliphatic carbocycles. The van der Waals surface area contributed by atoms with Gasteiger partial charge in [-0.2, -0.15) is 4.98 Å². The summed E-state index contributed by atoms with van der Waals surface area (Å²) in [6.45, 7) is 1.76. The van der Waals surface area contributed by atoms with Crippen molar-refractivity contribution in [3.63, 3.8) is 0 Å². The van der Waals surface area contributed by atoms with Crippen molar-refractivity contribution in [2.45, 2.75) is 31.8 Å². The minimum Gasteiger partial charge on any atom is -0.391 e. The van der Waals surface area contributed by atoms with Crippen LogP contribution >= 0.6 is 0 Å². The van der Waals surface area contributed by atoms with Crippen LogP contribution in [0.1, 0.15) is 25.5 Å². The minimum absolute atomic E-state index is 0.132. The summed E-state index contributed by atoms with van der Waals surface area (Å²) < 4.78 is 11.8. The SMILES string of the molecule is O=C(CC1CCNCC1)Nc1ccn([C@@H]2CO[C@H](CO)O2)c(=O)n1. The molecular weight excluding hydrogens is 316 g/mol. The van der Waals surface area contributed by atoms with Gasteiger partial charge in [-0.3, -0.25) is 9.36 Å². The highest BCUT2D eigenvalue weighted by Gasteiger charge is 2.27. The van der Waals surface area contributed by atoms with Gasteiger partial charge >= 0.3 is 5.69 Å². The van der Waals surface area contributed by atoms with Crippen molar-refractivity contribution >= 4 is 11.7 Å². The highest BCUT2D eigenvalue weighted by molar-refractivity contribution is 5.89. The quantitative estimate of drug-likeness (QED) is 0.659. The molecule has 2 saturated heterocycles. The molecule has 3 N–H and O–H groups in total. The Kier molecular flexibility index (Phi) is 5.56. The van der Waals surface area contributed by atoms with Gasteiger partial charge in [-0.05, 0) is 37.9 Å². The second-order valence-corrected chi connectivity index (χ2v) is 5.98. The van der Waals surface area contributed by atoms with E-state index in [9.17, 15) is 9.59 Å². The molecule has 24 heavy (non-hydrogen) atoms. The molecule has 2 aliphatic rings. The van der Waals surface area contributed by atoms with Crippen LogP contribution in [0.15, 0.2) is 17.1 Å². The normalized spacial score (nSPS) is 24.9. The second kappa shape index (κ2) is 7.84. The van der Waals surface area contributed by atoms with Crippen molar-refractivity contribution in [3.8, 4) is 0 Å². The molecular formula is C15H22N4O5. The van der Waals surface area contributed by atoms with Crippen molar-refractivity contribution in [1.29, 1.82) is 0 Å². The molecule has 0 aromatic carbocycles. The number of aliphatic hydroxyl groups is 1. The third-order valence-corrected chi connectivity index (χ3v) is 4.22.